The van der Waals surface area contributed by atoms with Gasteiger partial charge in [-0.2, -0.15) is 4.98 Å². The predicted octanol–water partition coefficient (Wildman–Crippen LogP) is 6.23. The van der Waals surface area contributed by atoms with Crippen LogP contribution in [0.5, 0.6) is 0 Å². The number of aliphatic hydroxyl groups is 1. The van der Waals surface area contributed by atoms with Crippen molar-refractivity contribution in [2.24, 2.45) is 0 Å². The molecule has 2 fully saturated rings. The van der Waals surface area contributed by atoms with E-state index in [4.69, 9.17) is 14.7 Å². The van der Waals surface area contributed by atoms with Gasteiger partial charge in [0.2, 0.25) is 5.95 Å². The van der Waals surface area contributed by atoms with E-state index in [2.05, 4.69) is 59.1 Å². The number of carbonyl (C=O) groups is 1. The molecule has 1 saturated carbocycles. The molecule has 1 amide bonds. The summed E-state index contributed by atoms with van der Waals surface area (Å²) in [6.45, 7) is 13.9. The van der Waals surface area contributed by atoms with Gasteiger partial charge in [-0.1, -0.05) is 37.6 Å². The number of hydrogen-bond acceptors (Lipinski definition) is 7. The summed E-state index contributed by atoms with van der Waals surface area (Å²) in [6, 6.07) is 9.45. The Hall–Kier alpha value is -3.17. The fraction of sp³-hybridized carbons (Fsp3) is 0.606. The van der Waals surface area contributed by atoms with Crippen LogP contribution in [-0.4, -0.2) is 79.5 Å². The summed E-state index contributed by atoms with van der Waals surface area (Å²) in [5.74, 6) is 0.673. The molecular weight excluding hydrogens is 528 g/mol. The molecule has 1 aliphatic heterocycles. The molecular formula is C33H48N6O3. The Labute approximate surface area is 250 Å². The van der Waals surface area contributed by atoms with Crippen molar-refractivity contribution in [1.82, 2.24) is 24.3 Å². The molecule has 9 nitrogen and oxygen atoms in total. The summed E-state index contributed by atoms with van der Waals surface area (Å²) in [5.41, 5.74) is 4.03. The summed E-state index contributed by atoms with van der Waals surface area (Å²) in [5, 5.41) is 14.6. The Morgan fingerprint density at radius 3 is 2.43 bits per heavy atom. The monoisotopic (exact) mass is 576 g/mol. The van der Waals surface area contributed by atoms with Gasteiger partial charge in [0.1, 0.15) is 11.2 Å². The molecule has 9 heteroatoms. The molecule has 228 valence electrons. The minimum atomic E-state index is -0.473. The number of amides is 1. The minimum Gasteiger partial charge on any atom is -0.444 e. The Kier molecular flexibility index (Phi) is 9.38. The number of hydrogen-bond donors (Lipinski definition) is 2. The van der Waals surface area contributed by atoms with Gasteiger partial charge in [0.05, 0.1) is 6.10 Å². The van der Waals surface area contributed by atoms with E-state index in [9.17, 15) is 9.90 Å². The van der Waals surface area contributed by atoms with Gasteiger partial charge in [-0.15, -0.1) is 0 Å². The molecule has 5 rings (SSSR count). The first kappa shape index (κ1) is 30.3. The van der Waals surface area contributed by atoms with Crippen molar-refractivity contribution in [2.75, 3.05) is 31.5 Å². The SMILES string of the molecule is CCC[C@H](C)Nc1ncc2c(-c3ccc(CN4CCN(C(=O)OC(C)(C)C)CC4)cc3)cn(C3CCC(O)CC3)c2n1. The highest BCUT2D eigenvalue weighted by molar-refractivity contribution is 5.94. The summed E-state index contributed by atoms with van der Waals surface area (Å²) in [7, 11) is 0. The molecule has 0 bridgehead atoms. The molecule has 0 spiro atoms. The molecule has 2 aromatic heterocycles. The number of aromatic nitrogens is 3. The van der Waals surface area contributed by atoms with E-state index in [0.717, 1.165) is 80.3 Å². The van der Waals surface area contributed by atoms with Crippen molar-refractivity contribution in [3.63, 3.8) is 0 Å². The van der Waals surface area contributed by atoms with Crippen LogP contribution < -0.4 is 5.32 Å². The van der Waals surface area contributed by atoms with Gasteiger partial charge in [0, 0.05) is 68.2 Å². The smallest absolute Gasteiger partial charge is 0.410 e. The molecule has 1 aromatic carbocycles. The first-order valence-electron chi connectivity index (χ1n) is 15.7. The van der Waals surface area contributed by atoms with Crippen molar-refractivity contribution in [3.05, 3.63) is 42.2 Å². The van der Waals surface area contributed by atoms with Crippen LogP contribution in [0.3, 0.4) is 0 Å². The van der Waals surface area contributed by atoms with Crippen molar-refractivity contribution in [1.29, 1.82) is 0 Å². The van der Waals surface area contributed by atoms with Gasteiger partial charge in [-0.25, -0.2) is 9.78 Å². The molecule has 42 heavy (non-hydrogen) atoms. The Bertz CT molecular complexity index is 1330. The molecule has 1 aliphatic carbocycles. The van der Waals surface area contributed by atoms with Gasteiger partial charge in [-0.3, -0.25) is 4.90 Å². The van der Waals surface area contributed by atoms with E-state index in [1.54, 1.807) is 4.90 Å². The number of nitrogens with zero attached hydrogens (tertiary/aromatic N) is 5. The topological polar surface area (TPSA) is 95.8 Å². The largest absolute Gasteiger partial charge is 0.444 e. The Morgan fingerprint density at radius 1 is 1.10 bits per heavy atom. The lowest BCUT2D eigenvalue weighted by molar-refractivity contribution is 0.0139. The Morgan fingerprint density at radius 2 is 1.79 bits per heavy atom. The van der Waals surface area contributed by atoms with Crippen molar-refractivity contribution in [2.45, 2.75) is 103 Å². The zero-order valence-corrected chi connectivity index (χ0v) is 26.0. The summed E-state index contributed by atoms with van der Waals surface area (Å²) < 4.78 is 7.86. The van der Waals surface area contributed by atoms with E-state index in [-0.39, 0.29) is 12.2 Å². The van der Waals surface area contributed by atoms with Crippen LogP contribution >= 0.6 is 0 Å². The third-order valence-corrected chi connectivity index (χ3v) is 8.42. The molecule has 3 aromatic rings. The zero-order chi connectivity index (χ0) is 29.9. The van der Waals surface area contributed by atoms with Crippen LogP contribution in [0.25, 0.3) is 22.2 Å². The van der Waals surface area contributed by atoms with E-state index < -0.39 is 5.60 Å². The van der Waals surface area contributed by atoms with Crippen LogP contribution in [-0.2, 0) is 11.3 Å². The highest BCUT2D eigenvalue weighted by Crippen LogP contribution is 2.37. The number of benzene rings is 1. The maximum absolute atomic E-state index is 12.4. The maximum Gasteiger partial charge on any atom is 0.410 e. The number of fused-ring (bicyclic) bond motifs is 1. The van der Waals surface area contributed by atoms with E-state index >= 15 is 0 Å². The highest BCUT2D eigenvalue weighted by atomic mass is 16.6. The second kappa shape index (κ2) is 13.0. The quantitative estimate of drug-likeness (QED) is 0.328. The molecule has 2 aliphatic rings. The van der Waals surface area contributed by atoms with Crippen LogP contribution in [0, 0.1) is 0 Å². The second-order valence-electron chi connectivity index (χ2n) is 13.1. The highest BCUT2D eigenvalue weighted by Gasteiger charge is 2.27. The van der Waals surface area contributed by atoms with E-state index in [1.807, 2.05) is 27.0 Å². The Balaban J connectivity index is 1.31. The predicted molar refractivity (Wildman–Crippen MR) is 168 cm³/mol. The minimum absolute atomic E-state index is 0.197. The van der Waals surface area contributed by atoms with Gasteiger partial charge >= 0.3 is 6.09 Å². The van der Waals surface area contributed by atoms with Crippen LogP contribution in [0.15, 0.2) is 36.7 Å². The van der Waals surface area contributed by atoms with Crippen LogP contribution in [0.2, 0.25) is 0 Å². The molecule has 0 unspecified atom stereocenters. The maximum atomic E-state index is 12.4. The average molecular weight is 577 g/mol. The summed E-state index contributed by atoms with van der Waals surface area (Å²) in [4.78, 5) is 26.3. The number of nitrogens with one attached hydrogen (secondary N) is 1. The number of anilines is 1. The van der Waals surface area contributed by atoms with Gasteiger partial charge in [-0.05, 0) is 70.9 Å². The first-order valence-corrected chi connectivity index (χ1v) is 15.7. The number of carbonyl (C=O) groups excluding carboxylic acids is 1. The molecule has 2 N–H and O–H groups in total. The molecule has 3 heterocycles. The third-order valence-electron chi connectivity index (χ3n) is 8.42. The number of rotatable bonds is 8. The van der Waals surface area contributed by atoms with Crippen molar-refractivity contribution < 1.29 is 14.6 Å². The number of ether oxygens (including phenoxy) is 1. The van der Waals surface area contributed by atoms with E-state index in [0.29, 0.717) is 31.1 Å². The van der Waals surface area contributed by atoms with Crippen molar-refractivity contribution in [3.8, 4) is 11.1 Å². The molecule has 1 atom stereocenters. The summed E-state index contributed by atoms with van der Waals surface area (Å²) in [6.07, 6.45) is 9.51. The summed E-state index contributed by atoms with van der Waals surface area (Å²) >= 11 is 0. The lowest BCUT2D eigenvalue weighted by atomic mass is 9.93. The lowest BCUT2D eigenvalue weighted by Crippen LogP contribution is -2.49. The molecule has 0 radical (unpaired) electrons. The molecule has 1 saturated heterocycles. The van der Waals surface area contributed by atoms with E-state index in [1.165, 1.54) is 5.56 Å². The van der Waals surface area contributed by atoms with Crippen LogP contribution in [0.1, 0.15) is 84.7 Å². The average Bonchev–Trinajstić information content (AvgIpc) is 3.32. The normalized spacial score (nSPS) is 21.0. The van der Waals surface area contributed by atoms with Gasteiger partial charge < -0.3 is 24.6 Å². The lowest BCUT2D eigenvalue weighted by Gasteiger charge is -2.35. The fourth-order valence-electron chi connectivity index (χ4n) is 6.13. The van der Waals surface area contributed by atoms with Crippen molar-refractivity contribution >= 4 is 23.1 Å². The van der Waals surface area contributed by atoms with Crippen LogP contribution in [0.4, 0.5) is 10.7 Å². The second-order valence-corrected chi connectivity index (χ2v) is 13.1. The zero-order valence-electron chi connectivity index (χ0n) is 26.0. The first-order chi connectivity index (χ1) is 20.1. The number of piperazine rings is 1. The van der Waals surface area contributed by atoms with Gasteiger partial charge in [0.25, 0.3) is 0 Å². The third kappa shape index (κ3) is 7.42. The number of aliphatic hydroxyl groups excluding tert-OH is 1. The standard InChI is InChI=1S/C33H48N6O3/c1-6-7-23(2)35-31-34-20-28-29(22-39(30(28)36-31)26-12-14-27(40)15-13-26)25-10-8-24(9-11-25)21-37-16-18-38(19-17-37)32(41)42-33(3,4)5/h8-11,20,22-23,26-27,40H,6-7,12-19,21H2,1-5H3,(H,34,35,36)/t23-,26?,27?/m0/s1. The van der Waals surface area contributed by atoms with Gasteiger partial charge in [0.15, 0.2) is 0 Å². The fourth-order valence-corrected chi connectivity index (χ4v) is 6.13.